The minimum absolute atomic E-state index is 0. The number of rotatable bonds is 43. The molecule has 332 valence electrons. The number of carbonyl (C=O) groups is 2. The normalized spacial score (nSPS) is 12.4. The van der Waals surface area contributed by atoms with E-state index in [9.17, 15) is 9.59 Å². The van der Waals surface area contributed by atoms with E-state index in [2.05, 4.69) is 52.2 Å². The molecule has 0 aliphatic heterocycles. The molecule has 1 atom stereocenters. The molecule has 0 radical (unpaired) electrons. The molecule has 0 fully saturated rings. The van der Waals surface area contributed by atoms with E-state index in [0.717, 1.165) is 51.4 Å². The summed E-state index contributed by atoms with van der Waals surface area (Å²) in [5.41, 5.74) is 0. The number of allylic oxidation sites excluding steroid dienone is 4. The van der Waals surface area contributed by atoms with Crippen molar-refractivity contribution in [2.45, 2.75) is 200 Å². The lowest BCUT2D eigenvalue weighted by molar-refractivity contribution is -0.893. The Morgan fingerprint density at radius 1 is 0.536 bits per heavy atom. The van der Waals surface area contributed by atoms with Gasteiger partial charge in [0.05, 0.1) is 47.1 Å². The molecule has 0 heterocycles. The number of quaternary nitrogens is 1. The predicted molar refractivity (Wildman–Crippen MR) is 230 cm³/mol. The highest BCUT2D eigenvalue weighted by atomic mass is 79.9. The van der Waals surface area contributed by atoms with Crippen molar-refractivity contribution in [3.05, 3.63) is 24.3 Å². The van der Waals surface area contributed by atoms with Gasteiger partial charge in [-0.2, -0.15) is 0 Å². The fourth-order valence-corrected chi connectivity index (χ4v) is 6.65. The number of esters is 2. The van der Waals surface area contributed by atoms with E-state index >= 15 is 0 Å². The first-order valence-electron chi connectivity index (χ1n) is 23.1. The second kappa shape index (κ2) is 44.8. The Bertz CT molecular complexity index is 898. The molecule has 0 saturated heterocycles. The van der Waals surface area contributed by atoms with Crippen molar-refractivity contribution in [3.8, 4) is 0 Å². The molecule has 1 unspecified atom stereocenters. The van der Waals surface area contributed by atoms with Gasteiger partial charge in [-0.3, -0.25) is 9.59 Å². The minimum Gasteiger partial charge on any atom is -1.00 e. The third-order valence-corrected chi connectivity index (χ3v) is 10.2. The number of hydrogen-bond donors (Lipinski definition) is 1. The fourth-order valence-electron chi connectivity index (χ4n) is 6.65. The summed E-state index contributed by atoms with van der Waals surface area (Å²) in [5, 5.41) is 8.85. The standard InChI is InChI=1S/C47H90NO7.BrH/c1-5-7-9-11-13-15-17-19-21-23-25-27-29-31-33-35-46(50)54-44-45(43-48(3,4)37-39-52-41-42-53-40-38-49)55-47(51)36-34-32-30-28-26-24-22-20-18-16-14-12-10-8-6-2;/h19-22,45,49H,5-18,23-44H2,1-4H3;1H/q+1;/p-1. The Kier molecular flexibility index (Phi) is 45.5. The lowest BCUT2D eigenvalue weighted by Crippen LogP contribution is -3.00. The summed E-state index contributed by atoms with van der Waals surface area (Å²) in [4.78, 5) is 25.5. The fraction of sp³-hybridized carbons (Fsp3) is 0.872. The highest BCUT2D eigenvalue weighted by molar-refractivity contribution is 5.70. The maximum atomic E-state index is 12.9. The Hall–Kier alpha value is -1.26. The molecule has 0 saturated carbocycles. The summed E-state index contributed by atoms with van der Waals surface area (Å²) in [5.74, 6) is -0.430. The highest BCUT2D eigenvalue weighted by Gasteiger charge is 2.26. The van der Waals surface area contributed by atoms with E-state index in [1.165, 1.54) is 116 Å². The van der Waals surface area contributed by atoms with Crippen molar-refractivity contribution in [1.29, 1.82) is 0 Å². The van der Waals surface area contributed by atoms with Gasteiger partial charge in [0.1, 0.15) is 19.7 Å². The van der Waals surface area contributed by atoms with Crippen molar-refractivity contribution in [1.82, 2.24) is 0 Å². The first-order chi connectivity index (χ1) is 26.8. The van der Waals surface area contributed by atoms with Gasteiger partial charge in [0, 0.05) is 12.8 Å². The number of aliphatic hydroxyl groups excluding tert-OH is 1. The molecule has 1 N–H and O–H groups in total. The van der Waals surface area contributed by atoms with Gasteiger partial charge in [-0.15, -0.1) is 0 Å². The van der Waals surface area contributed by atoms with E-state index in [-0.39, 0.29) is 42.1 Å². The lowest BCUT2D eigenvalue weighted by atomic mass is 10.1. The number of nitrogens with zero attached hydrogens (tertiary/aromatic N) is 1. The second-order valence-corrected chi connectivity index (χ2v) is 16.3. The largest absolute Gasteiger partial charge is 1.00 e. The number of ether oxygens (including phenoxy) is 4. The molecule has 0 aliphatic carbocycles. The van der Waals surface area contributed by atoms with Crippen LogP contribution in [0, 0.1) is 0 Å². The number of unbranched alkanes of at least 4 members (excludes halogenated alkanes) is 22. The van der Waals surface area contributed by atoms with E-state index in [1.807, 2.05) is 0 Å². The van der Waals surface area contributed by atoms with E-state index < -0.39 is 6.10 Å². The van der Waals surface area contributed by atoms with Crippen LogP contribution in [-0.4, -0.2) is 94.5 Å². The van der Waals surface area contributed by atoms with Gasteiger partial charge in [-0.1, -0.05) is 141 Å². The Labute approximate surface area is 356 Å². The molecule has 0 aliphatic rings. The van der Waals surface area contributed by atoms with Crippen molar-refractivity contribution in [2.75, 3.05) is 66.8 Å². The molecule has 0 aromatic rings. The monoisotopic (exact) mass is 860 g/mol. The lowest BCUT2D eigenvalue weighted by Gasteiger charge is -2.33. The van der Waals surface area contributed by atoms with Crippen molar-refractivity contribution in [3.63, 3.8) is 0 Å². The molecule has 9 heteroatoms. The summed E-state index contributed by atoms with van der Waals surface area (Å²) < 4.78 is 23.1. The topological polar surface area (TPSA) is 91.3 Å². The quantitative estimate of drug-likeness (QED) is 0.0284. The zero-order valence-electron chi connectivity index (χ0n) is 37.1. The van der Waals surface area contributed by atoms with Crippen molar-refractivity contribution in [2.24, 2.45) is 0 Å². The Balaban J connectivity index is 0. The molecular formula is C47H90BrNO7. The van der Waals surface area contributed by atoms with Gasteiger partial charge >= 0.3 is 11.9 Å². The maximum absolute atomic E-state index is 12.9. The average Bonchev–Trinajstić information content (AvgIpc) is 3.16. The average molecular weight is 861 g/mol. The summed E-state index contributed by atoms with van der Waals surface area (Å²) in [6.45, 7) is 7.60. The number of likely N-dealkylation sites (N-methyl/N-ethyl adjacent to an activating group) is 1. The first-order valence-corrected chi connectivity index (χ1v) is 23.1. The van der Waals surface area contributed by atoms with Crippen LogP contribution in [0.25, 0.3) is 0 Å². The van der Waals surface area contributed by atoms with Gasteiger partial charge in [-0.05, 0) is 64.2 Å². The molecule has 56 heavy (non-hydrogen) atoms. The molecule has 8 nitrogen and oxygen atoms in total. The number of hydrogen-bond acceptors (Lipinski definition) is 7. The smallest absolute Gasteiger partial charge is 0.306 e. The van der Waals surface area contributed by atoms with Crippen LogP contribution in [0.15, 0.2) is 24.3 Å². The van der Waals surface area contributed by atoms with Crippen LogP contribution in [-0.2, 0) is 28.5 Å². The Morgan fingerprint density at radius 2 is 0.929 bits per heavy atom. The van der Waals surface area contributed by atoms with E-state index in [0.29, 0.717) is 56.8 Å². The first kappa shape index (κ1) is 56.8. The van der Waals surface area contributed by atoms with Crippen LogP contribution in [0.4, 0.5) is 0 Å². The second-order valence-electron chi connectivity index (χ2n) is 16.3. The number of carbonyl (C=O) groups excluding carboxylic acids is 2. The van der Waals surface area contributed by atoms with Gasteiger partial charge in [0.15, 0.2) is 6.10 Å². The third-order valence-electron chi connectivity index (χ3n) is 10.2. The van der Waals surface area contributed by atoms with Crippen LogP contribution in [0.1, 0.15) is 194 Å². The van der Waals surface area contributed by atoms with Crippen LogP contribution < -0.4 is 17.0 Å². The van der Waals surface area contributed by atoms with Crippen LogP contribution in [0.3, 0.4) is 0 Å². The van der Waals surface area contributed by atoms with E-state index in [1.54, 1.807) is 0 Å². The number of halogens is 1. The van der Waals surface area contributed by atoms with Crippen molar-refractivity contribution >= 4 is 11.9 Å². The third kappa shape index (κ3) is 43.9. The maximum Gasteiger partial charge on any atom is 0.306 e. The molecule has 0 rings (SSSR count). The van der Waals surface area contributed by atoms with Crippen LogP contribution in [0.5, 0.6) is 0 Å². The minimum atomic E-state index is -0.503. The van der Waals surface area contributed by atoms with Crippen molar-refractivity contribution < 1.29 is 55.1 Å². The molecular weight excluding hydrogens is 770 g/mol. The summed E-state index contributed by atoms with van der Waals surface area (Å²) in [7, 11) is 4.15. The van der Waals surface area contributed by atoms with E-state index in [4.69, 9.17) is 24.1 Å². The summed E-state index contributed by atoms with van der Waals surface area (Å²) in [6, 6.07) is 0. The summed E-state index contributed by atoms with van der Waals surface area (Å²) in [6.07, 6.45) is 41.3. The molecule has 0 aromatic carbocycles. The predicted octanol–water partition coefficient (Wildman–Crippen LogP) is 8.62. The van der Waals surface area contributed by atoms with Crippen LogP contribution >= 0.6 is 0 Å². The molecule has 0 spiro atoms. The van der Waals surface area contributed by atoms with Gasteiger partial charge < -0.3 is 45.5 Å². The molecule has 0 aromatic heterocycles. The zero-order valence-corrected chi connectivity index (χ0v) is 38.7. The molecule has 0 amide bonds. The summed E-state index contributed by atoms with van der Waals surface area (Å²) >= 11 is 0. The van der Waals surface area contributed by atoms with Gasteiger partial charge in [0.25, 0.3) is 0 Å². The SMILES string of the molecule is CCCCCCCCC=CCCCCCCCC(=O)OCC(C[N+](C)(C)CCOCCOCCO)OC(=O)CCCCCCCC=CCCCCCCCC.[Br-]. The van der Waals surface area contributed by atoms with Gasteiger partial charge in [-0.25, -0.2) is 0 Å². The van der Waals surface area contributed by atoms with Crippen LogP contribution in [0.2, 0.25) is 0 Å². The van der Waals surface area contributed by atoms with Gasteiger partial charge in [0.2, 0.25) is 0 Å². The molecule has 0 bridgehead atoms. The highest BCUT2D eigenvalue weighted by Crippen LogP contribution is 2.14. The number of aliphatic hydroxyl groups is 1. The Morgan fingerprint density at radius 3 is 1.38 bits per heavy atom. The zero-order chi connectivity index (χ0) is 40.3.